The predicted molar refractivity (Wildman–Crippen MR) is 69.7 cm³/mol. The van der Waals surface area contributed by atoms with Gasteiger partial charge in [-0.3, -0.25) is 9.69 Å². The highest BCUT2D eigenvalue weighted by molar-refractivity contribution is 5.71. The maximum absolute atomic E-state index is 13.4. The number of aryl methyl sites for hydroxylation is 1. The summed E-state index contributed by atoms with van der Waals surface area (Å²) >= 11 is 0. The molecule has 0 radical (unpaired) electrons. The number of hydrogen-bond donors (Lipinski definition) is 1. The Morgan fingerprint density at radius 2 is 2.00 bits per heavy atom. The first-order valence-electron chi connectivity index (χ1n) is 7.09. The van der Waals surface area contributed by atoms with Crippen molar-refractivity contribution in [1.82, 2.24) is 4.90 Å². The lowest BCUT2D eigenvalue weighted by Gasteiger charge is -2.25. The van der Waals surface area contributed by atoms with E-state index >= 15 is 0 Å². The van der Waals surface area contributed by atoms with Gasteiger partial charge in [-0.2, -0.15) is 13.2 Å². The largest absolute Gasteiger partial charge is 0.481 e. The minimum Gasteiger partial charge on any atom is -0.481 e. The molecule has 3 atom stereocenters. The molecule has 0 bridgehead atoms. The third kappa shape index (κ3) is 2.58. The summed E-state index contributed by atoms with van der Waals surface area (Å²) in [6, 6.07) is 4.00. The lowest BCUT2D eigenvalue weighted by molar-refractivity contribution is -0.188. The van der Waals surface area contributed by atoms with E-state index in [0.717, 1.165) is 5.56 Å². The zero-order chi connectivity index (χ0) is 16.1. The SMILES string of the molecule is O=C(O)[C@@H]1CN(C2CCc3ccc(F)cc32)C[C@H]1C(F)(F)F. The van der Waals surface area contributed by atoms with Crippen LogP contribution in [0.15, 0.2) is 18.2 Å². The van der Waals surface area contributed by atoms with Crippen LogP contribution in [-0.4, -0.2) is 35.2 Å². The van der Waals surface area contributed by atoms with Crippen LogP contribution in [0.5, 0.6) is 0 Å². The molecule has 1 aliphatic carbocycles. The summed E-state index contributed by atoms with van der Waals surface area (Å²) in [6.07, 6.45) is -3.28. The third-order valence-electron chi connectivity index (χ3n) is 4.68. The van der Waals surface area contributed by atoms with E-state index in [-0.39, 0.29) is 19.1 Å². The van der Waals surface area contributed by atoms with E-state index < -0.39 is 29.8 Å². The average molecular weight is 317 g/mol. The highest BCUT2D eigenvalue weighted by Crippen LogP contribution is 2.44. The minimum atomic E-state index is -4.54. The first-order chi connectivity index (χ1) is 10.3. The number of carboxylic acid groups (broad SMARTS) is 1. The molecule has 0 aromatic heterocycles. The molecule has 1 aliphatic heterocycles. The van der Waals surface area contributed by atoms with Crippen molar-refractivity contribution in [2.45, 2.75) is 25.1 Å². The van der Waals surface area contributed by atoms with E-state index in [1.54, 1.807) is 11.0 Å². The van der Waals surface area contributed by atoms with Gasteiger partial charge in [0.15, 0.2) is 0 Å². The highest BCUT2D eigenvalue weighted by atomic mass is 19.4. The van der Waals surface area contributed by atoms with Crippen LogP contribution in [0, 0.1) is 17.7 Å². The van der Waals surface area contributed by atoms with Crippen LogP contribution < -0.4 is 0 Å². The number of aliphatic carboxylic acids is 1. The van der Waals surface area contributed by atoms with Gasteiger partial charge in [-0.1, -0.05) is 6.07 Å². The van der Waals surface area contributed by atoms with Gasteiger partial charge < -0.3 is 5.11 Å². The van der Waals surface area contributed by atoms with Gasteiger partial charge >= 0.3 is 12.1 Å². The molecule has 1 saturated heterocycles. The Morgan fingerprint density at radius 1 is 1.27 bits per heavy atom. The molecule has 22 heavy (non-hydrogen) atoms. The fourth-order valence-electron chi connectivity index (χ4n) is 3.60. The zero-order valence-corrected chi connectivity index (χ0v) is 11.6. The normalized spacial score (nSPS) is 28.8. The van der Waals surface area contributed by atoms with Gasteiger partial charge in [0.1, 0.15) is 5.82 Å². The van der Waals surface area contributed by atoms with Crippen LogP contribution in [0.1, 0.15) is 23.6 Å². The van der Waals surface area contributed by atoms with E-state index in [0.29, 0.717) is 18.4 Å². The number of alkyl halides is 3. The number of hydrogen-bond acceptors (Lipinski definition) is 2. The number of carbonyl (C=O) groups is 1. The maximum Gasteiger partial charge on any atom is 0.393 e. The molecule has 1 heterocycles. The summed E-state index contributed by atoms with van der Waals surface area (Å²) in [5.41, 5.74) is 1.61. The van der Waals surface area contributed by atoms with Crippen LogP contribution in [0.3, 0.4) is 0 Å². The molecule has 0 amide bonds. The Morgan fingerprint density at radius 3 is 2.59 bits per heavy atom. The van der Waals surface area contributed by atoms with Crippen LogP contribution in [0.25, 0.3) is 0 Å². The minimum absolute atomic E-state index is 0.153. The quantitative estimate of drug-likeness (QED) is 0.853. The smallest absolute Gasteiger partial charge is 0.393 e. The van der Waals surface area contributed by atoms with Crippen molar-refractivity contribution in [2.75, 3.05) is 13.1 Å². The number of likely N-dealkylation sites (tertiary alicyclic amines) is 1. The number of halogens is 4. The van der Waals surface area contributed by atoms with Gasteiger partial charge in [-0.15, -0.1) is 0 Å². The Hall–Kier alpha value is -1.63. The Labute approximate surface area is 124 Å². The number of nitrogens with zero attached hydrogens (tertiary/aromatic N) is 1. The van der Waals surface area contributed by atoms with Crippen molar-refractivity contribution in [1.29, 1.82) is 0 Å². The zero-order valence-electron chi connectivity index (χ0n) is 11.6. The molecule has 3 nitrogen and oxygen atoms in total. The van der Waals surface area contributed by atoms with Gasteiger partial charge in [0.2, 0.25) is 0 Å². The molecule has 120 valence electrons. The first-order valence-corrected chi connectivity index (χ1v) is 7.09. The summed E-state index contributed by atoms with van der Waals surface area (Å²) in [5, 5.41) is 9.06. The summed E-state index contributed by atoms with van der Waals surface area (Å²) in [6.45, 7) is -0.499. The van der Waals surface area contributed by atoms with Crippen LogP contribution >= 0.6 is 0 Å². The molecule has 0 saturated carbocycles. The number of benzene rings is 1. The molecule has 1 aromatic carbocycles. The number of rotatable bonds is 2. The highest BCUT2D eigenvalue weighted by Gasteiger charge is 2.54. The van der Waals surface area contributed by atoms with E-state index in [1.807, 2.05) is 0 Å². The van der Waals surface area contributed by atoms with Gasteiger partial charge in [0.05, 0.1) is 11.8 Å². The summed E-state index contributed by atoms with van der Waals surface area (Å²) in [5.74, 6) is -5.19. The first kappa shape index (κ1) is 15.3. The average Bonchev–Trinajstić information content (AvgIpc) is 3.00. The molecular weight excluding hydrogens is 302 g/mol. The van der Waals surface area contributed by atoms with Gasteiger partial charge in [0.25, 0.3) is 0 Å². The molecule has 0 spiro atoms. The molecule has 1 aromatic rings. The second kappa shape index (κ2) is 5.22. The number of carboxylic acids is 1. The predicted octanol–water partition coefficient (Wildman–Crippen LogP) is 3.01. The van der Waals surface area contributed by atoms with E-state index in [1.165, 1.54) is 12.1 Å². The van der Waals surface area contributed by atoms with E-state index in [2.05, 4.69) is 0 Å². The monoisotopic (exact) mass is 317 g/mol. The molecule has 1 fully saturated rings. The number of fused-ring (bicyclic) bond motifs is 1. The summed E-state index contributed by atoms with van der Waals surface area (Å²) < 4.78 is 52.5. The summed E-state index contributed by atoms with van der Waals surface area (Å²) in [7, 11) is 0. The molecule has 1 N–H and O–H groups in total. The molecule has 3 rings (SSSR count). The van der Waals surface area contributed by atoms with Crippen molar-refractivity contribution in [3.05, 3.63) is 35.1 Å². The third-order valence-corrected chi connectivity index (χ3v) is 4.68. The standard InChI is InChI=1S/C15H15F4NO2/c16-9-3-1-8-2-4-13(10(8)5-9)20-6-11(14(21)22)12(7-20)15(17,18)19/h1,3,5,11-13H,2,4,6-7H2,(H,21,22)/t11-,12-,13?/m1/s1. The van der Waals surface area contributed by atoms with Gasteiger partial charge in [-0.25, -0.2) is 4.39 Å². The van der Waals surface area contributed by atoms with Crippen LogP contribution in [0.2, 0.25) is 0 Å². The lowest BCUT2D eigenvalue weighted by Crippen LogP contribution is -2.33. The second-order valence-electron chi connectivity index (χ2n) is 5.94. The van der Waals surface area contributed by atoms with E-state index in [4.69, 9.17) is 5.11 Å². The van der Waals surface area contributed by atoms with Gasteiger partial charge in [-0.05, 0) is 36.1 Å². The van der Waals surface area contributed by atoms with E-state index in [9.17, 15) is 22.4 Å². The van der Waals surface area contributed by atoms with Crippen LogP contribution in [-0.2, 0) is 11.2 Å². The molecule has 7 heteroatoms. The van der Waals surface area contributed by atoms with Crippen molar-refractivity contribution in [3.8, 4) is 0 Å². The molecule has 1 unspecified atom stereocenters. The Kier molecular flexibility index (Phi) is 3.63. The van der Waals surface area contributed by atoms with Crippen molar-refractivity contribution in [3.63, 3.8) is 0 Å². The van der Waals surface area contributed by atoms with Crippen molar-refractivity contribution >= 4 is 5.97 Å². The fourth-order valence-corrected chi connectivity index (χ4v) is 3.60. The van der Waals surface area contributed by atoms with Crippen molar-refractivity contribution < 1.29 is 27.5 Å². The molecule has 2 aliphatic rings. The topological polar surface area (TPSA) is 40.5 Å². The Balaban J connectivity index is 1.86. The fraction of sp³-hybridized carbons (Fsp3) is 0.533. The lowest BCUT2D eigenvalue weighted by atomic mass is 9.96. The second-order valence-corrected chi connectivity index (χ2v) is 5.94. The maximum atomic E-state index is 13.4. The van der Waals surface area contributed by atoms with Crippen molar-refractivity contribution in [2.24, 2.45) is 11.8 Å². The van der Waals surface area contributed by atoms with Gasteiger partial charge in [0, 0.05) is 19.1 Å². The molecular formula is C15H15F4NO2. The summed E-state index contributed by atoms with van der Waals surface area (Å²) in [4.78, 5) is 12.7. The van der Waals surface area contributed by atoms with Crippen LogP contribution in [0.4, 0.5) is 17.6 Å². The Bertz CT molecular complexity index is 602.